The molecule has 0 aromatic carbocycles. The Balaban J connectivity index is 2.71. The second kappa shape index (κ2) is 7.56. The summed E-state index contributed by atoms with van der Waals surface area (Å²) in [5.41, 5.74) is 0. The van der Waals surface area contributed by atoms with Crippen LogP contribution in [0.3, 0.4) is 0 Å². The number of carbonyl (C=O) groups is 3. The first kappa shape index (κ1) is 16.1. The molecule has 0 bridgehead atoms. The van der Waals surface area contributed by atoms with Crippen molar-refractivity contribution in [1.29, 1.82) is 0 Å². The largest absolute Gasteiger partial charge is 0.469 e. The van der Waals surface area contributed by atoms with E-state index in [0.717, 1.165) is 0 Å². The SMILES string of the molecule is CCOC(=O)NC1CC(C(=O)OC)CN(C(=O)OC)C1. The summed E-state index contributed by atoms with van der Waals surface area (Å²) in [6.07, 6.45) is -0.735. The first-order chi connectivity index (χ1) is 9.51. The number of piperidine rings is 1. The van der Waals surface area contributed by atoms with Gasteiger partial charge >= 0.3 is 18.2 Å². The summed E-state index contributed by atoms with van der Waals surface area (Å²) < 4.78 is 14.1. The second-order valence-electron chi connectivity index (χ2n) is 4.39. The van der Waals surface area contributed by atoms with Gasteiger partial charge in [-0.2, -0.15) is 0 Å². The minimum Gasteiger partial charge on any atom is -0.469 e. The molecule has 2 unspecified atom stereocenters. The van der Waals surface area contributed by atoms with Crippen LogP contribution in [0.25, 0.3) is 0 Å². The Labute approximate surface area is 117 Å². The molecule has 1 N–H and O–H groups in total. The first-order valence-electron chi connectivity index (χ1n) is 6.35. The third kappa shape index (κ3) is 4.29. The van der Waals surface area contributed by atoms with E-state index in [-0.39, 0.29) is 25.7 Å². The molecule has 1 heterocycles. The fourth-order valence-electron chi connectivity index (χ4n) is 2.16. The van der Waals surface area contributed by atoms with Crippen LogP contribution in [0.5, 0.6) is 0 Å². The fourth-order valence-corrected chi connectivity index (χ4v) is 2.16. The Morgan fingerprint density at radius 2 is 1.90 bits per heavy atom. The van der Waals surface area contributed by atoms with Crippen molar-refractivity contribution in [3.05, 3.63) is 0 Å². The number of rotatable bonds is 3. The van der Waals surface area contributed by atoms with Crippen LogP contribution in [0.1, 0.15) is 13.3 Å². The third-order valence-corrected chi connectivity index (χ3v) is 3.02. The van der Waals surface area contributed by atoms with Gasteiger partial charge in [0.2, 0.25) is 0 Å². The molecule has 0 radical (unpaired) electrons. The standard InChI is InChI=1S/C12H20N2O6/c1-4-20-11(16)13-9-5-8(10(15)18-2)6-14(7-9)12(17)19-3/h8-9H,4-7H2,1-3H3,(H,13,16). The van der Waals surface area contributed by atoms with Crippen LogP contribution in [-0.2, 0) is 19.0 Å². The predicted octanol–water partition coefficient (Wildman–Crippen LogP) is 0.362. The van der Waals surface area contributed by atoms with Gasteiger partial charge in [0.25, 0.3) is 0 Å². The van der Waals surface area contributed by atoms with Crippen LogP contribution < -0.4 is 5.32 Å². The van der Waals surface area contributed by atoms with Crippen molar-refractivity contribution >= 4 is 18.2 Å². The van der Waals surface area contributed by atoms with Gasteiger partial charge in [-0.15, -0.1) is 0 Å². The lowest BCUT2D eigenvalue weighted by Gasteiger charge is -2.35. The molecular formula is C12H20N2O6. The summed E-state index contributed by atoms with van der Waals surface area (Å²) >= 11 is 0. The van der Waals surface area contributed by atoms with Crippen LogP contribution in [0.4, 0.5) is 9.59 Å². The van der Waals surface area contributed by atoms with E-state index in [1.54, 1.807) is 6.92 Å². The maximum atomic E-state index is 11.6. The number of amides is 2. The Morgan fingerprint density at radius 1 is 1.20 bits per heavy atom. The summed E-state index contributed by atoms with van der Waals surface area (Å²) in [4.78, 5) is 36.0. The molecule has 0 aliphatic carbocycles. The minimum atomic E-state index is -0.576. The van der Waals surface area contributed by atoms with Crippen LogP contribution in [0, 0.1) is 5.92 Å². The number of nitrogens with one attached hydrogen (secondary N) is 1. The fraction of sp³-hybridized carbons (Fsp3) is 0.750. The molecule has 1 rings (SSSR count). The van der Waals surface area contributed by atoms with Crippen molar-refractivity contribution in [1.82, 2.24) is 10.2 Å². The number of ether oxygens (including phenoxy) is 3. The van der Waals surface area contributed by atoms with E-state index in [1.165, 1.54) is 19.1 Å². The number of nitrogens with zero attached hydrogens (tertiary/aromatic N) is 1. The highest BCUT2D eigenvalue weighted by atomic mass is 16.6. The van der Waals surface area contributed by atoms with E-state index in [4.69, 9.17) is 9.47 Å². The molecule has 8 heteroatoms. The van der Waals surface area contributed by atoms with E-state index < -0.39 is 24.1 Å². The molecule has 0 saturated carbocycles. The van der Waals surface area contributed by atoms with E-state index in [9.17, 15) is 14.4 Å². The smallest absolute Gasteiger partial charge is 0.409 e. The molecule has 0 aromatic rings. The lowest BCUT2D eigenvalue weighted by molar-refractivity contribution is -0.147. The molecule has 2 amide bonds. The lowest BCUT2D eigenvalue weighted by Crippen LogP contribution is -2.54. The molecule has 1 aliphatic heterocycles. The van der Waals surface area contributed by atoms with Crippen molar-refractivity contribution < 1.29 is 28.6 Å². The van der Waals surface area contributed by atoms with Gasteiger partial charge in [0.15, 0.2) is 0 Å². The molecule has 0 spiro atoms. The zero-order valence-electron chi connectivity index (χ0n) is 11.9. The zero-order chi connectivity index (χ0) is 15.1. The average molecular weight is 288 g/mol. The van der Waals surface area contributed by atoms with Gasteiger partial charge in [-0.3, -0.25) is 4.79 Å². The number of methoxy groups -OCH3 is 2. The van der Waals surface area contributed by atoms with Crippen molar-refractivity contribution in [2.45, 2.75) is 19.4 Å². The van der Waals surface area contributed by atoms with Gasteiger partial charge in [-0.05, 0) is 13.3 Å². The molecule has 2 atom stereocenters. The maximum Gasteiger partial charge on any atom is 0.409 e. The van der Waals surface area contributed by atoms with Gasteiger partial charge < -0.3 is 24.4 Å². The Hall–Kier alpha value is -1.99. The summed E-state index contributed by atoms with van der Waals surface area (Å²) in [7, 11) is 2.55. The summed E-state index contributed by atoms with van der Waals surface area (Å²) in [5.74, 6) is -0.922. The van der Waals surface area contributed by atoms with Gasteiger partial charge in [0.1, 0.15) is 0 Å². The molecule has 1 aliphatic rings. The van der Waals surface area contributed by atoms with Crippen molar-refractivity contribution in [2.75, 3.05) is 33.9 Å². The normalized spacial score (nSPS) is 21.9. The van der Waals surface area contributed by atoms with Crippen LogP contribution >= 0.6 is 0 Å². The Bertz CT molecular complexity index is 349. The van der Waals surface area contributed by atoms with Crippen molar-refractivity contribution in [3.63, 3.8) is 0 Å². The number of alkyl carbamates (subject to hydrolysis) is 1. The Morgan fingerprint density at radius 3 is 2.45 bits per heavy atom. The Kier molecular flexibility index (Phi) is 6.08. The molecule has 114 valence electrons. The van der Waals surface area contributed by atoms with Gasteiger partial charge in [0, 0.05) is 13.1 Å². The second-order valence-corrected chi connectivity index (χ2v) is 4.39. The van der Waals surface area contributed by atoms with Crippen LogP contribution in [-0.4, -0.2) is 63.0 Å². The van der Waals surface area contributed by atoms with Crippen molar-refractivity contribution in [2.24, 2.45) is 5.92 Å². The summed E-state index contributed by atoms with van der Waals surface area (Å²) in [6, 6.07) is -0.383. The van der Waals surface area contributed by atoms with Crippen LogP contribution in [0.2, 0.25) is 0 Å². The highest BCUT2D eigenvalue weighted by Gasteiger charge is 2.35. The molecule has 1 fully saturated rings. The van der Waals surface area contributed by atoms with E-state index >= 15 is 0 Å². The molecule has 0 aromatic heterocycles. The van der Waals surface area contributed by atoms with Crippen molar-refractivity contribution in [3.8, 4) is 0 Å². The first-order valence-corrected chi connectivity index (χ1v) is 6.35. The number of esters is 1. The summed E-state index contributed by atoms with van der Waals surface area (Å²) in [6.45, 7) is 2.41. The molecule has 8 nitrogen and oxygen atoms in total. The monoisotopic (exact) mass is 288 g/mol. The molecular weight excluding hydrogens is 268 g/mol. The number of hydrogen-bond donors (Lipinski definition) is 1. The summed E-state index contributed by atoms with van der Waals surface area (Å²) in [5, 5.41) is 2.62. The zero-order valence-corrected chi connectivity index (χ0v) is 11.9. The molecule has 1 saturated heterocycles. The lowest BCUT2D eigenvalue weighted by atomic mass is 9.94. The highest BCUT2D eigenvalue weighted by molar-refractivity contribution is 5.75. The quantitative estimate of drug-likeness (QED) is 0.595. The molecule has 20 heavy (non-hydrogen) atoms. The number of hydrogen-bond acceptors (Lipinski definition) is 6. The maximum absolute atomic E-state index is 11.6. The van der Waals surface area contributed by atoms with E-state index in [0.29, 0.717) is 6.42 Å². The number of likely N-dealkylation sites (tertiary alicyclic amines) is 1. The topological polar surface area (TPSA) is 94.2 Å². The predicted molar refractivity (Wildman–Crippen MR) is 68.0 cm³/mol. The van der Waals surface area contributed by atoms with Crippen LogP contribution in [0.15, 0.2) is 0 Å². The van der Waals surface area contributed by atoms with Gasteiger partial charge in [0.05, 0.1) is 32.8 Å². The third-order valence-electron chi connectivity index (χ3n) is 3.02. The minimum absolute atomic E-state index is 0.209. The van der Waals surface area contributed by atoms with Gasteiger partial charge in [-0.1, -0.05) is 0 Å². The number of carbonyl (C=O) groups excluding carboxylic acids is 3. The average Bonchev–Trinajstić information content (AvgIpc) is 2.45. The van der Waals surface area contributed by atoms with E-state index in [1.807, 2.05) is 0 Å². The van der Waals surface area contributed by atoms with E-state index in [2.05, 4.69) is 10.1 Å². The van der Waals surface area contributed by atoms with Gasteiger partial charge in [-0.25, -0.2) is 9.59 Å². The highest BCUT2D eigenvalue weighted by Crippen LogP contribution is 2.19.